The van der Waals surface area contributed by atoms with Gasteiger partial charge in [0.1, 0.15) is 5.82 Å². The molecule has 0 unspecified atom stereocenters. The second-order valence-corrected chi connectivity index (χ2v) is 4.97. The molecule has 0 spiro atoms. The molecule has 0 aliphatic rings. The van der Waals surface area contributed by atoms with E-state index in [1.54, 1.807) is 25.1 Å². The molecule has 2 aromatic carbocycles. The van der Waals surface area contributed by atoms with Crippen LogP contribution in [-0.2, 0) is 0 Å². The van der Waals surface area contributed by atoms with E-state index in [0.717, 1.165) is 11.3 Å². The fourth-order valence-corrected chi connectivity index (χ4v) is 2.16. The number of halogens is 1. The van der Waals surface area contributed by atoms with Crippen LogP contribution in [0.1, 0.15) is 28.4 Å². The summed E-state index contributed by atoms with van der Waals surface area (Å²) >= 11 is 0. The summed E-state index contributed by atoms with van der Waals surface area (Å²) in [5, 5.41) is 5.81. The molecule has 0 bridgehead atoms. The monoisotopic (exact) mass is 286 g/mol. The van der Waals surface area contributed by atoms with Crippen molar-refractivity contribution in [2.75, 3.05) is 17.2 Å². The summed E-state index contributed by atoms with van der Waals surface area (Å²) in [6, 6.07) is 10.3. The highest BCUT2D eigenvalue weighted by molar-refractivity contribution is 6.08. The smallest absolute Gasteiger partial charge is 0.257 e. The van der Waals surface area contributed by atoms with Crippen LogP contribution < -0.4 is 10.6 Å². The Kier molecular flexibility index (Phi) is 4.58. The molecule has 2 N–H and O–H groups in total. The van der Waals surface area contributed by atoms with Gasteiger partial charge in [-0.25, -0.2) is 4.39 Å². The van der Waals surface area contributed by atoms with Gasteiger partial charge >= 0.3 is 0 Å². The number of hydrogen-bond donors (Lipinski definition) is 2. The van der Waals surface area contributed by atoms with Crippen LogP contribution in [0.5, 0.6) is 0 Å². The Morgan fingerprint density at radius 2 is 1.95 bits per heavy atom. The molecule has 21 heavy (non-hydrogen) atoms. The van der Waals surface area contributed by atoms with Gasteiger partial charge in [-0.3, -0.25) is 4.79 Å². The maximum atomic E-state index is 13.8. The van der Waals surface area contributed by atoms with E-state index < -0.39 is 5.82 Å². The third kappa shape index (κ3) is 3.40. The highest BCUT2D eigenvalue weighted by Gasteiger charge is 2.14. The van der Waals surface area contributed by atoms with E-state index in [1.807, 2.05) is 26.0 Å². The lowest BCUT2D eigenvalue weighted by molar-refractivity contribution is 0.102. The van der Waals surface area contributed by atoms with Crippen molar-refractivity contribution in [3.63, 3.8) is 0 Å². The number of amides is 1. The van der Waals surface area contributed by atoms with Gasteiger partial charge in [0.25, 0.3) is 5.91 Å². The molecule has 0 saturated carbocycles. The lowest BCUT2D eigenvalue weighted by Gasteiger charge is -2.13. The summed E-state index contributed by atoms with van der Waals surface area (Å²) in [6.45, 7) is 6.35. The average Bonchev–Trinajstić information content (AvgIpc) is 2.45. The minimum Gasteiger partial charge on any atom is -0.385 e. The van der Waals surface area contributed by atoms with E-state index in [1.165, 1.54) is 6.07 Å². The van der Waals surface area contributed by atoms with Gasteiger partial charge in [0.05, 0.1) is 11.3 Å². The first kappa shape index (κ1) is 15.0. The third-order valence-electron chi connectivity index (χ3n) is 3.25. The van der Waals surface area contributed by atoms with Crippen LogP contribution in [0.3, 0.4) is 0 Å². The van der Waals surface area contributed by atoms with Gasteiger partial charge in [0, 0.05) is 12.2 Å². The number of aryl methyl sites for hydroxylation is 2. The van der Waals surface area contributed by atoms with Crippen molar-refractivity contribution in [2.24, 2.45) is 0 Å². The lowest BCUT2D eigenvalue weighted by atomic mass is 10.1. The second-order valence-electron chi connectivity index (χ2n) is 4.97. The fourth-order valence-electron chi connectivity index (χ4n) is 2.16. The lowest BCUT2D eigenvalue weighted by Crippen LogP contribution is -2.16. The predicted octanol–water partition coefficient (Wildman–Crippen LogP) is 4.13. The summed E-state index contributed by atoms with van der Waals surface area (Å²) < 4.78 is 13.8. The molecular formula is C17H19FN2O. The number of carbonyl (C=O) groups is 1. The SMILES string of the molecule is CCNc1ccc(C)cc1C(=O)Nc1c(C)cccc1F. The Bertz CT molecular complexity index is 648. The molecule has 3 nitrogen and oxygen atoms in total. The number of para-hydroxylation sites is 1. The van der Waals surface area contributed by atoms with Gasteiger partial charge in [0.15, 0.2) is 0 Å². The first-order chi connectivity index (χ1) is 10.0. The molecular weight excluding hydrogens is 267 g/mol. The van der Waals surface area contributed by atoms with Crippen molar-refractivity contribution in [1.82, 2.24) is 0 Å². The second kappa shape index (κ2) is 6.39. The Balaban J connectivity index is 2.34. The number of hydrogen-bond acceptors (Lipinski definition) is 2. The van der Waals surface area contributed by atoms with Crippen LogP contribution >= 0.6 is 0 Å². The van der Waals surface area contributed by atoms with Crippen molar-refractivity contribution in [1.29, 1.82) is 0 Å². The van der Waals surface area contributed by atoms with Crippen molar-refractivity contribution in [2.45, 2.75) is 20.8 Å². The van der Waals surface area contributed by atoms with E-state index in [2.05, 4.69) is 10.6 Å². The van der Waals surface area contributed by atoms with Gasteiger partial charge in [-0.15, -0.1) is 0 Å². The number of nitrogens with one attached hydrogen (secondary N) is 2. The van der Waals surface area contributed by atoms with Crippen LogP contribution in [0.25, 0.3) is 0 Å². The summed E-state index contributed by atoms with van der Waals surface area (Å²) in [6.07, 6.45) is 0. The van der Waals surface area contributed by atoms with Crippen LogP contribution in [0.15, 0.2) is 36.4 Å². The van der Waals surface area contributed by atoms with Gasteiger partial charge in [-0.05, 0) is 44.5 Å². The summed E-state index contributed by atoms with van der Waals surface area (Å²) in [5.74, 6) is -0.746. The fraction of sp³-hybridized carbons (Fsp3) is 0.235. The molecule has 4 heteroatoms. The van der Waals surface area contributed by atoms with Gasteiger partial charge in [-0.1, -0.05) is 23.8 Å². The third-order valence-corrected chi connectivity index (χ3v) is 3.25. The van der Waals surface area contributed by atoms with E-state index in [4.69, 9.17) is 0 Å². The number of rotatable bonds is 4. The number of benzene rings is 2. The number of anilines is 2. The molecule has 0 aliphatic heterocycles. The average molecular weight is 286 g/mol. The Morgan fingerprint density at radius 3 is 2.62 bits per heavy atom. The molecule has 0 radical (unpaired) electrons. The minimum atomic E-state index is -0.430. The normalized spacial score (nSPS) is 10.3. The van der Waals surface area contributed by atoms with Crippen molar-refractivity contribution in [3.8, 4) is 0 Å². The minimum absolute atomic E-state index is 0.228. The van der Waals surface area contributed by atoms with E-state index in [9.17, 15) is 9.18 Å². The van der Waals surface area contributed by atoms with Crippen LogP contribution in [0, 0.1) is 19.7 Å². The van der Waals surface area contributed by atoms with Crippen molar-refractivity contribution < 1.29 is 9.18 Å². The zero-order chi connectivity index (χ0) is 15.4. The highest BCUT2D eigenvalue weighted by Crippen LogP contribution is 2.22. The molecule has 0 heterocycles. The maximum absolute atomic E-state index is 13.8. The summed E-state index contributed by atoms with van der Waals surface area (Å²) in [7, 11) is 0. The zero-order valence-corrected chi connectivity index (χ0v) is 12.5. The first-order valence-electron chi connectivity index (χ1n) is 6.94. The zero-order valence-electron chi connectivity index (χ0n) is 12.5. The largest absolute Gasteiger partial charge is 0.385 e. The molecule has 1 amide bonds. The molecule has 2 rings (SSSR count). The van der Waals surface area contributed by atoms with Crippen LogP contribution in [0.2, 0.25) is 0 Å². The van der Waals surface area contributed by atoms with Crippen molar-refractivity contribution >= 4 is 17.3 Å². The van der Waals surface area contributed by atoms with Crippen LogP contribution in [0.4, 0.5) is 15.8 Å². The molecule has 0 fully saturated rings. The Hall–Kier alpha value is -2.36. The van der Waals surface area contributed by atoms with Gasteiger partial charge in [-0.2, -0.15) is 0 Å². The first-order valence-corrected chi connectivity index (χ1v) is 6.94. The molecule has 2 aromatic rings. The van der Waals surface area contributed by atoms with E-state index in [-0.39, 0.29) is 11.6 Å². The maximum Gasteiger partial charge on any atom is 0.257 e. The quantitative estimate of drug-likeness (QED) is 0.887. The molecule has 0 saturated heterocycles. The Morgan fingerprint density at radius 1 is 1.19 bits per heavy atom. The molecule has 110 valence electrons. The van der Waals surface area contributed by atoms with Gasteiger partial charge in [0.2, 0.25) is 0 Å². The van der Waals surface area contributed by atoms with E-state index in [0.29, 0.717) is 17.7 Å². The topological polar surface area (TPSA) is 41.1 Å². The standard InChI is InChI=1S/C17H19FN2O/c1-4-19-15-9-8-11(2)10-13(15)17(21)20-16-12(3)6-5-7-14(16)18/h5-10,19H,4H2,1-3H3,(H,20,21). The Labute approximate surface area is 124 Å². The molecule has 0 aliphatic carbocycles. The summed E-state index contributed by atoms with van der Waals surface area (Å²) in [5.41, 5.74) is 3.16. The predicted molar refractivity (Wildman–Crippen MR) is 84.4 cm³/mol. The highest BCUT2D eigenvalue weighted by atomic mass is 19.1. The van der Waals surface area contributed by atoms with Crippen molar-refractivity contribution in [3.05, 3.63) is 58.9 Å². The molecule has 0 atom stereocenters. The van der Waals surface area contributed by atoms with Gasteiger partial charge < -0.3 is 10.6 Å². The van der Waals surface area contributed by atoms with Crippen LogP contribution in [-0.4, -0.2) is 12.5 Å². The number of carbonyl (C=O) groups excluding carboxylic acids is 1. The molecule has 0 aromatic heterocycles. The van der Waals surface area contributed by atoms with E-state index >= 15 is 0 Å². The summed E-state index contributed by atoms with van der Waals surface area (Å²) in [4.78, 5) is 12.4.